The Morgan fingerprint density at radius 1 is 1.16 bits per heavy atom. The van der Waals surface area contributed by atoms with E-state index in [1.54, 1.807) is 0 Å². The molecule has 2 fully saturated rings. The highest BCUT2D eigenvalue weighted by Gasteiger charge is 2.38. The van der Waals surface area contributed by atoms with Crippen molar-refractivity contribution in [3.63, 3.8) is 0 Å². The summed E-state index contributed by atoms with van der Waals surface area (Å²) >= 11 is 0. The van der Waals surface area contributed by atoms with Crippen molar-refractivity contribution in [2.24, 2.45) is 11.3 Å². The van der Waals surface area contributed by atoms with Crippen molar-refractivity contribution in [2.45, 2.75) is 59.0 Å². The summed E-state index contributed by atoms with van der Waals surface area (Å²) in [6.07, 6.45) is 4.06. The molecule has 112 valence electrons. The topological polar surface area (TPSA) is 24.5 Å². The van der Waals surface area contributed by atoms with Crippen LogP contribution in [0.3, 0.4) is 0 Å². The van der Waals surface area contributed by atoms with E-state index in [2.05, 4.69) is 37.9 Å². The molecule has 0 aromatic rings. The Morgan fingerprint density at radius 3 is 2.42 bits per heavy atom. The molecule has 2 aliphatic rings. The maximum atomic E-state index is 5.52. The lowest BCUT2D eigenvalue weighted by Gasteiger charge is -2.47. The van der Waals surface area contributed by atoms with Crippen LogP contribution < -0.4 is 5.32 Å². The van der Waals surface area contributed by atoms with Gasteiger partial charge in [-0.15, -0.1) is 0 Å². The van der Waals surface area contributed by atoms with E-state index >= 15 is 0 Å². The van der Waals surface area contributed by atoms with Crippen LogP contribution >= 0.6 is 0 Å². The van der Waals surface area contributed by atoms with Gasteiger partial charge < -0.3 is 10.1 Å². The maximum absolute atomic E-state index is 5.52. The molecule has 3 atom stereocenters. The van der Waals surface area contributed by atoms with Crippen LogP contribution in [0.15, 0.2) is 0 Å². The van der Waals surface area contributed by atoms with Crippen LogP contribution in [-0.2, 0) is 4.74 Å². The zero-order valence-electron chi connectivity index (χ0n) is 13.2. The highest BCUT2D eigenvalue weighted by Crippen LogP contribution is 2.39. The number of ether oxygens (including phenoxy) is 1. The van der Waals surface area contributed by atoms with Crippen LogP contribution in [0, 0.1) is 11.3 Å². The first-order chi connectivity index (χ1) is 9.02. The molecule has 1 saturated carbocycles. The minimum atomic E-state index is 0.446. The van der Waals surface area contributed by atoms with E-state index in [1.165, 1.54) is 19.3 Å². The summed E-state index contributed by atoms with van der Waals surface area (Å²) < 4.78 is 5.52. The van der Waals surface area contributed by atoms with Gasteiger partial charge in [0.15, 0.2) is 0 Å². The molecule has 19 heavy (non-hydrogen) atoms. The fourth-order valence-electron chi connectivity index (χ4n) is 3.75. The Balaban J connectivity index is 2.03. The molecule has 0 aromatic heterocycles. The lowest BCUT2D eigenvalue weighted by atomic mass is 9.69. The van der Waals surface area contributed by atoms with E-state index in [0.29, 0.717) is 17.5 Å². The highest BCUT2D eigenvalue weighted by molar-refractivity contribution is 4.94. The largest absolute Gasteiger partial charge is 0.379 e. The molecule has 1 N–H and O–H groups in total. The minimum Gasteiger partial charge on any atom is -0.379 e. The summed E-state index contributed by atoms with van der Waals surface area (Å²) in [4.78, 5) is 2.68. The molecule has 0 radical (unpaired) electrons. The van der Waals surface area contributed by atoms with E-state index in [-0.39, 0.29) is 0 Å². The predicted octanol–water partition coefficient (Wildman–Crippen LogP) is 2.51. The average molecular weight is 268 g/mol. The third kappa shape index (κ3) is 3.93. The fraction of sp³-hybridized carbons (Fsp3) is 1.00. The number of hydrogen-bond donors (Lipinski definition) is 1. The summed E-state index contributed by atoms with van der Waals surface area (Å²) in [7, 11) is 0. The molecule has 1 saturated heterocycles. The van der Waals surface area contributed by atoms with Gasteiger partial charge in [-0.2, -0.15) is 0 Å². The summed E-state index contributed by atoms with van der Waals surface area (Å²) in [5.74, 6) is 0.857. The van der Waals surface area contributed by atoms with Crippen LogP contribution in [0.2, 0.25) is 0 Å². The van der Waals surface area contributed by atoms with Gasteiger partial charge in [-0.1, -0.05) is 27.7 Å². The Morgan fingerprint density at radius 2 is 1.84 bits per heavy atom. The molecule has 1 aliphatic carbocycles. The smallest absolute Gasteiger partial charge is 0.0594 e. The molecule has 0 aromatic carbocycles. The Hall–Kier alpha value is -0.120. The van der Waals surface area contributed by atoms with Crippen LogP contribution in [0.5, 0.6) is 0 Å². The number of nitrogens with one attached hydrogen (secondary N) is 1. The predicted molar refractivity (Wildman–Crippen MR) is 80.4 cm³/mol. The maximum Gasteiger partial charge on any atom is 0.0594 e. The number of hydrogen-bond acceptors (Lipinski definition) is 3. The average Bonchev–Trinajstić information content (AvgIpc) is 2.39. The minimum absolute atomic E-state index is 0.446. The van der Waals surface area contributed by atoms with E-state index in [1.807, 2.05) is 0 Å². The van der Waals surface area contributed by atoms with Gasteiger partial charge in [0, 0.05) is 25.2 Å². The third-order valence-electron chi connectivity index (χ3n) is 5.02. The van der Waals surface area contributed by atoms with Gasteiger partial charge in [0.05, 0.1) is 13.2 Å². The van der Waals surface area contributed by atoms with Gasteiger partial charge in [0.25, 0.3) is 0 Å². The van der Waals surface area contributed by atoms with Crippen molar-refractivity contribution in [1.29, 1.82) is 0 Å². The van der Waals surface area contributed by atoms with Gasteiger partial charge >= 0.3 is 0 Å². The lowest BCUT2D eigenvalue weighted by molar-refractivity contribution is -0.0162. The second-order valence-corrected chi connectivity index (χ2v) is 7.26. The van der Waals surface area contributed by atoms with E-state index < -0.39 is 0 Å². The summed E-state index contributed by atoms with van der Waals surface area (Å²) in [5.41, 5.74) is 0.446. The van der Waals surface area contributed by atoms with E-state index in [9.17, 15) is 0 Å². The molecular weight excluding hydrogens is 236 g/mol. The molecule has 1 aliphatic heterocycles. The summed E-state index contributed by atoms with van der Waals surface area (Å²) in [5, 5.41) is 3.72. The van der Waals surface area contributed by atoms with Crippen LogP contribution in [0.4, 0.5) is 0 Å². The zero-order chi connectivity index (χ0) is 13.9. The van der Waals surface area contributed by atoms with Crippen LogP contribution in [0.1, 0.15) is 47.0 Å². The molecule has 3 nitrogen and oxygen atoms in total. The standard InChI is InChI=1S/C16H32N2O/c1-5-17-14-7-6-13(16(2,3)4)12-15(14)18-8-10-19-11-9-18/h13-15,17H,5-12H2,1-4H3. The van der Waals surface area contributed by atoms with Crippen molar-refractivity contribution in [2.75, 3.05) is 32.8 Å². The molecule has 3 heteroatoms. The van der Waals surface area contributed by atoms with Crippen molar-refractivity contribution in [3.05, 3.63) is 0 Å². The van der Waals surface area contributed by atoms with E-state index in [4.69, 9.17) is 4.74 Å². The molecule has 2 rings (SSSR count). The number of nitrogens with zero attached hydrogens (tertiary/aromatic N) is 1. The quantitative estimate of drug-likeness (QED) is 0.851. The monoisotopic (exact) mass is 268 g/mol. The number of morpholine rings is 1. The van der Waals surface area contributed by atoms with Gasteiger partial charge in [-0.05, 0) is 37.1 Å². The summed E-state index contributed by atoms with van der Waals surface area (Å²) in [6.45, 7) is 14.6. The second kappa shape index (κ2) is 6.55. The van der Waals surface area contributed by atoms with Crippen molar-refractivity contribution in [3.8, 4) is 0 Å². The van der Waals surface area contributed by atoms with Gasteiger partial charge in [0.2, 0.25) is 0 Å². The second-order valence-electron chi connectivity index (χ2n) is 7.26. The number of rotatable bonds is 3. The Labute approximate surface area is 119 Å². The molecule has 0 bridgehead atoms. The van der Waals surface area contributed by atoms with Gasteiger partial charge in [-0.3, -0.25) is 4.90 Å². The summed E-state index contributed by atoms with van der Waals surface area (Å²) in [6, 6.07) is 1.39. The normalized spacial score (nSPS) is 34.4. The first-order valence-corrected chi connectivity index (χ1v) is 8.07. The van der Waals surface area contributed by atoms with Crippen LogP contribution in [-0.4, -0.2) is 49.8 Å². The van der Waals surface area contributed by atoms with E-state index in [0.717, 1.165) is 38.8 Å². The van der Waals surface area contributed by atoms with Crippen molar-refractivity contribution >= 4 is 0 Å². The zero-order valence-corrected chi connectivity index (χ0v) is 13.2. The SMILES string of the molecule is CCNC1CCC(C(C)(C)C)CC1N1CCOCC1. The lowest BCUT2D eigenvalue weighted by Crippen LogP contribution is -2.56. The molecule has 1 heterocycles. The first-order valence-electron chi connectivity index (χ1n) is 8.07. The Bertz CT molecular complexity index is 264. The molecule has 0 amide bonds. The third-order valence-corrected chi connectivity index (χ3v) is 5.02. The van der Waals surface area contributed by atoms with Crippen LogP contribution in [0.25, 0.3) is 0 Å². The fourth-order valence-corrected chi connectivity index (χ4v) is 3.75. The molecular formula is C16H32N2O. The first kappa shape index (κ1) is 15.3. The highest BCUT2D eigenvalue weighted by atomic mass is 16.5. The van der Waals surface area contributed by atoms with Crippen molar-refractivity contribution in [1.82, 2.24) is 10.2 Å². The van der Waals surface area contributed by atoms with Gasteiger partial charge in [-0.25, -0.2) is 0 Å². The molecule has 0 spiro atoms. The Kier molecular flexibility index (Phi) is 5.27. The van der Waals surface area contributed by atoms with Crippen molar-refractivity contribution < 1.29 is 4.74 Å². The molecule has 3 unspecified atom stereocenters. The van der Waals surface area contributed by atoms with Gasteiger partial charge in [0.1, 0.15) is 0 Å². The number of likely N-dealkylation sites (N-methyl/N-ethyl adjacent to an activating group) is 1.